The number of nitrogens with zero attached hydrogens (tertiary/aromatic N) is 2. The molecular weight excluding hydrogens is 364 g/mol. The molecule has 0 spiro atoms. The summed E-state index contributed by atoms with van der Waals surface area (Å²) in [6, 6.07) is 27.4. The van der Waals surface area contributed by atoms with E-state index in [1.54, 1.807) is 0 Å². The first-order chi connectivity index (χ1) is 13.8. The van der Waals surface area contributed by atoms with Crippen molar-refractivity contribution in [2.75, 3.05) is 0 Å². The van der Waals surface area contributed by atoms with Gasteiger partial charge in [-0.1, -0.05) is 90.5 Å². The first kappa shape index (κ1) is 17.0. The molecule has 0 unspecified atom stereocenters. The van der Waals surface area contributed by atoms with E-state index in [9.17, 15) is 0 Å². The van der Waals surface area contributed by atoms with Crippen LogP contribution in [0.4, 0.5) is 0 Å². The van der Waals surface area contributed by atoms with Gasteiger partial charge in [-0.25, -0.2) is 4.98 Å². The summed E-state index contributed by atoms with van der Waals surface area (Å²) >= 11 is 6.76. The third-order valence-corrected chi connectivity index (χ3v) is 5.57. The lowest BCUT2D eigenvalue weighted by atomic mass is 9.93. The van der Waals surface area contributed by atoms with Crippen LogP contribution >= 0.6 is 11.6 Å². The van der Waals surface area contributed by atoms with Crippen molar-refractivity contribution in [3.8, 4) is 33.5 Å². The summed E-state index contributed by atoms with van der Waals surface area (Å²) in [6.45, 7) is 0.875. The highest BCUT2D eigenvalue weighted by atomic mass is 35.5. The summed E-state index contributed by atoms with van der Waals surface area (Å²) in [5.41, 5.74) is 6.59. The van der Waals surface area contributed by atoms with Gasteiger partial charge in [0.15, 0.2) is 0 Å². The molecule has 3 aromatic carbocycles. The summed E-state index contributed by atoms with van der Waals surface area (Å²) in [6.07, 6.45) is 5.19. The third kappa shape index (κ3) is 2.96. The molecule has 0 fully saturated rings. The summed E-state index contributed by atoms with van der Waals surface area (Å²) in [5, 5.41) is 0.712. The van der Waals surface area contributed by atoms with Gasteiger partial charge in [-0.2, -0.15) is 0 Å². The van der Waals surface area contributed by atoms with E-state index in [-0.39, 0.29) is 0 Å². The molecule has 5 rings (SSSR count). The number of benzene rings is 3. The highest BCUT2D eigenvalue weighted by Crippen LogP contribution is 2.39. The molecule has 0 N–H and O–H groups in total. The van der Waals surface area contributed by atoms with Crippen LogP contribution in [0.1, 0.15) is 12.2 Å². The van der Waals surface area contributed by atoms with Crippen molar-refractivity contribution in [3.63, 3.8) is 0 Å². The SMILES string of the molecule is Clc1c(-c2ccc(-c3ccccc3)cc2-c2ccccc2)nc2n1CCC=C2. The minimum Gasteiger partial charge on any atom is -0.315 e. The molecule has 0 saturated heterocycles. The number of rotatable bonds is 3. The fourth-order valence-corrected chi connectivity index (χ4v) is 4.09. The summed E-state index contributed by atoms with van der Waals surface area (Å²) in [4.78, 5) is 4.85. The Labute approximate surface area is 169 Å². The second kappa shape index (κ2) is 7.14. The first-order valence-corrected chi connectivity index (χ1v) is 9.87. The second-order valence-corrected chi connectivity index (χ2v) is 7.30. The van der Waals surface area contributed by atoms with Crippen LogP contribution < -0.4 is 0 Å². The Bertz CT molecular complexity index is 1160. The minimum absolute atomic E-state index is 0.712. The van der Waals surface area contributed by atoms with Crippen molar-refractivity contribution >= 4 is 17.7 Å². The molecule has 0 bridgehead atoms. The topological polar surface area (TPSA) is 17.8 Å². The molecule has 4 aromatic rings. The lowest BCUT2D eigenvalue weighted by Crippen LogP contribution is -2.03. The first-order valence-electron chi connectivity index (χ1n) is 9.49. The van der Waals surface area contributed by atoms with Gasteiger partial charge in [0.1, 0.15) is 16.7 Å². The zero-order valence-electron chi connectivity index (χ0n) is 15.3. The molecule has 1 aliphatic heterocycles. The minimum atomic E-state index is 0.712. The van der Waals surface area contributed by atoms with Gasteiger partial charge in [0, 0.05) is 12.1 Å². The van der Waals surface area contributed by atoms with Crippen LogP contribution in [-0.2, 0) is 6.54 Å². The Morgan fingerprint density at radius 3 is 2.18 bits per heavy atom. The molecule has 0 aliphatic carbocycles. The third-order valence-electron chi connectivity index (χ3n) is 5.19. The van der Waals surface area contributed by atoms with E-state index in [1.165, 1.54) is 11.1 Å². The Morgan fingerprint density at radius 1 is 0.750 bits per heavy atom. The smallest absolute Gasteiger partial charge is 0.137 e. The molecule has 1 aliphatic rings. The van der Waals surface area contributed by atoms with Crippen molar-refractivity contribution in [2.24, 2.45) is 0 Å². The molecule has 2 heterocycles. The van der Waals surface area contributed by atoms with Crippen LogP contribution in [0.15, 0.2) is 84.9 Å². The van der Waals surface area contributed by atoms with E-state index in [0.717, 1.165) is 41.2 Å². The van der Waals surface area contributed by atoms with Gasteiger partial charge in [-0.05, 0) is 40.8 Å². The predicted molar refractivity (Wildman–Crippen MR) is 117 cm³/mol. The Hall–Kier alpha value is -3.10. The van der Waals surface area contributed by atoms with Crippen LogP contribution in [0.5, 0.6) is 0 Å². The van der Waals surface area contributed by atoms with Crippen molar-refractivity contribution in [1.29, 1.82) is 0 Å². The van der Waals surface area contributed by atoms with Gasteiger partial charge >= 0.3 is 0 Å². The lowest BCUT2D eigenvalue weighted by Gasteiger charge is -2.12. The standard InChI is InChI=1S/C25H19ClN2/c26-25-24(27-23-13-7-8-16-28(23)25)21-15-14-20(18-9-3-1-4-10-18)17-22(21)19-11-5-2-6-12-19/h1-7,9-15,17H,8,16H2. The molecule has 1 aromatic heterocycles. The Balaban J connectivity index is 1.72. The number of halogens is 1. The average molecular weight is 383 g/mol. The zero-order valence-corrected chi connectivity index (χ0v) is 16.1. The highest BCUT2D eigenvalue weighted by Gasteiger charge is 2.20. The number of allylic oxidation sites excluding steroid dienone is 1. The molecule has 28 heavy (non-hydrogen) atoms. The largest absolute Gasteiger partial charge is 0.315 e. The van der Waals surface area contributed by atoms with Crippen molar-refractivity contribution in [1.82, 2.24) is 9.55 Å². The van der Waals surface area contributed by atoms with E-state index in [0.29, 0.717) is 5.15 Å². The maximum atomic E-state index is 6.76. The van der Waals surface area contributed by atoms with E-state index in [1.807, 2.05) is 12.1 Å². The molecule has 136 valence electrons. The summed E-state index contributed by atoms with van der Waals surface area (Å²) in [7, 11) is 0. The van der Waals surface area contributed by atoms with Crippen LogP contribution in [0.3, 0.4) is 0 Å². The summed E-state index contributed by atoms with van der Waals surface area (Å²) in [5.74, 6) is 0.928. The number of hydrogen-bond donors (Lipinski definition) is 0. The lowest BCUT2D eigenvalue weighted by molar-refractivity contribution is 0.690. The van der Waals surface area contributed by atoms with Crippen LogP contribution in [0.25, 0.3) is 39.6 Å². The zero-order chi connectivity index (χ0) is 18.9. The molecule has 0 saturated carbocycles. The van der Waals surface area contributed by atoms with Crippen LogP contribution in [0.2, 0.25) is 5.15 Å². The van der Waals surface area contributed by atoms with Gasteiger partial charge in [0.2, 0.25) is 0 Å². The fourth-order valence-electron chi connectivity index (χ4n) is 3.77. The fraction of sp³-hybridized carbons (Fsp3) is 0.0800. The quantitative estimate of drug-likeness (QED) is 0.374. The number of imidazole rings is 1. The number of aromatic nitrogens is 2. The predicted octanol–water partition coefficient (Wildman–Crippen LogP) is 6.95. The molecule has 0 radical (unpaired) electrons. The molecule has 0 atom stereocenters. The average Bonchev–Trinajstić information content (AvgIpc) is 3.11. The van der Waals surface area contributed by atoms with E-state index in [2.05, 4.69) is 83.4 Å². The van der Waals surface area contributed by atoms with Gasteiger partial charge < -0.3 is 4.57 Å². The Morgan fingerprint density at radius 2 is 1.46 bits per heavy atom. The monoisotopic (exact) mass is 382 g/mol. The van der Waals surface area contributed by atoms with Gasteiger partial charge in [0.25, 0.3) is 0 Å². The van der Waals surface area contributed by atoms with Crippen LogP contribution in [0, 0.1) is 0 Å². The molecule has 0 amide bonds. The number of hydrogen-bond acceptors (Lipinski definition) is 1. The maximum absolute atomic E-state index is 6.76. The maximum Gasteiger partial charge on any atom is 0.137 e. The van der Waals surface area contributed by atoms with E-state index >= 15 is 0 Å². The summed E-state index contributed by atoms with van der Waals surface area (Å²) < 4.78 is 2.09. The normalized spacial score (nSPS) is 12.8. The van der Waals surface area contributed by atoms with E-state index in [4.69, 9.17) is 16.6 Å². The Kier molecular flexibility index (Phi) is 4.34. The van der Waals surface area contributed by atoms with Gasteiger partial charge in [0.05, 0.1) is 0 Å². The number of fused-ring (bicyclic) bond motifs is 1. The van der Waals surface area contributed by atoms with Crippen molar-refractivity contribution in [2.45, 2.75) is 13.0 Å². The molecule has 2 nitrogen and oxygen atoms in total. The molecular formula is C25H19ClN2. The highest BCUT2D eigenvalue weighted by molar-refractivity contribution is 6.32. The van der Waals surface area contributed by atoms with E-state index < -0.39 is 0 Å². The van der Waals surface area contributed by atoms with Gasteiger partial charge in [-0.3, -0.25) is 0 Å². The van der Waals surface area contributed by atoms with Crippen molar-refractivity contribution in [3.05, 3.63) is 95.9 Å². The van der Waals surface area contributed by atoms with Crippen LogP contribution in [-0.4, -0.2) is 9.55 Å². The molecule has 3 heteroatoms. The van der Waals surface area contributed by atoms with Crippen molar-refractivity contribution < 1.29 is 0 Å². The van der Waals surface area contributed by atoms with Gasteiger partial charge in [-0.15, -0.1) is 0 Å². The second-order valence-electron chi connectivity index (χ2n) is 6.94.